The summed E-state index contributed by atoms with van der Waals surface area (Å²) < 4.78 is 10.6. The number of ether oxygens (including phenoxy) is 2. The Kier molecular flexibility index (Phi) is 14.6. The maximum absolute atomic E-state index is 11.8. The van der Waals surface area contributed by atoms with E-state index in [9.17, 15) is 9.59 Å². The number of benzene rings is 3. The molecule has 0 aliphatic rings. The molecule has 0 amide bonds. The predicted molar refractivity (Wildman–Crippen MR) is 186 cm³/mol. The average molecular weight is 610 g/mol. The van der Waals surface area contributed by atoms with Crippen molar-refractivity contribution in [2.24, 2.45) is 0 Å². The third-order valence-corrected chi connectivity index (χ3v) is 8.33. The van der Waals surface area contributed by atoms with E-state index < -0.39 is 0 Å². The number of unbranched alkanes of at least 4 members (excludes halogenated alkanes) is 4. The molecule has 45 heavy (non-hydrogen) atoms. The van der Waals surface area contributed by atoms with Crippen molar-refractivity contribution in [2.45, 2.75) is 92.9 Å². The molecule has 0 fully saturated rings. The number of aryl methyl sites for hydroxylation is 4. The third kappa shape index (κ3) is 11.4. The van der Waals surface area contributed by atoms with Gasteiger partial charge in [-0.2, -0.15) is 0 Å². The molecule has 240 valence electrons. The molecular weight excluding hydrogens is 558 g/mol. The van der Waals surface area contributed by atoms with Gasteiger partial charge in [0.2, 0.25) is 0 Å². The minimum Gasteiger partial charge on any atom is -0.462 e. The van der Waals surface area contributed by atoms with Gasteiger partial charge in [-0.3, -0.25) is 0 Å². The third-order valence-electron chi connectivity index (χ3n) is 8.33. The highest BCUT2D eigenvalue weighted by atomic mass is 16.5. The first-order valence-corrected chi connectivity index (χ1v) is 16.4. The standard InChI is InChI=1S/C40H51NO4/c1-7-30(3)39(42)44-27-13-9-11-15-34-18-23-36(24-19-34)41(38-22-17-32(5)33(6)29-38)37-25-20-35(21-26-37)16-12-10-14-28-45-40(43)31(4)8-2/h7-8,17-26,29H,9-16,27-28H2,1-6H3/b30-7+,31-8+. The summed E-state index contributed by atoms with van der Waals surface area (Å²) in [6.07, 6.45) is 11.5. The number of esters is 2. The zero-order chi connectivity index (χ0) is 32.6. The fourth-order valence-electron chi connectivity index (χ4n) is 4.94. The molecular formula is C40H51NO4. The van der Waals surface area contributed by atoms with Gasteiger partial charge in [-0.05, 0) is 152 Å². The summed E-state index contributed by atoms with van der Waals surface area (Å²) in [5.41, 5.74) is 9.88. The number of rotatable bonds is 17. The van der Waals surface area contributed by atoms with Crippen molar-refractivity contribution in [3.63, 3.8) is 0 Å². The minimum atomic E-state index is -0.219. The van der Waals surface area contributed by atoms with Crippen LogP contribution in [0, 0.1) is 13.8 Å². The van der Waals surface area contributed by atoms with Gasteiger partial charge in [-0.1, -0.05) is 42.5 Å². The normalized spacial score (nSPS) is 11.8. The van der Waals surface area contributed by atoms with E-state index in [1.165, 1.54) is 22.3 Å². The van der Waals surface area contributed by atoms with Gasteiger partial charge in [-0.25, -0.2) is 9.59 Å². The summed E-state index contributed by atoms with van der Waals surface area (Å²) in [5.74, 6) is -0.439. The molecule has 0 radical (unpaired) electrons. The van der Waals surface area contributed by atoms with Crippen LogP contribution in [0.15, 0.2) is 90.0 Å². The first-order valence-electron chi connectivity index (χ1n) is 16.4. The first-order chi connectivity index (χ1) is 21.7. The maximum atomic E-state index is 11.8. The SMILES string of the molecule is C/C=C(\C)C(=O)OCCCCCc1ccc(N(c2ccc(CCCCCOC(=O)/C(C)=C/C)cc2)c2ccc(C)c(C)c2)cc1. The van der Waals surface area contributed by atoms with E-state index in [2.05, 4.69) is 85.5 Å². The molecule has 5 heteroatoms. The predicted octanol–water partition coefficient (Wildman–Crippen LogP) is 10.2. The van der Waals surface area contributed by atoms with Gasteiger partial charge in [-0.15, -0.1) is 0 Å². The summed E-state index contributed by atoms with van der Waals surface area (Å²) in [4.78, 5) is 25.9. The monoisotopic (exact) mass is 609 g/mol. The molecule has 3 rings (SSSR count). The van der Waals surface area contributed by atoms with E-state index in [-0.39, 0.29) is 11.9 Å². The van der Waals surface area contributed by atoms with E-state index in [1.54, 1.807) is 26.0 Å². The van der Waals surface area contributed by atoms with Crippen LogP contribution in [0.3, 0.4) is 0 Å². The lowest BCUT2D eigenvalue weighted by atomic mass is 10.0. The van der Waals surface area contributed by atoms with Crippen LogP contribution < -0.4 is 4.90 Å². The number of nitrogens with zero attached hydrogens (tertiary/aromatic N) is 1. The van der Waals surface area contributed by atoms with Crippen molar-refractivity contribution in [1.29, 1.82) is 0 Å². The van der Waals surface area contributed by atoms with Crippen molar-refractivity contribution < 1.29 is 19.1 Å². The van der Waals surface area contributed by atoms with Gasteiger partial charge in [0, 0.05) is 28.2 Å². The van der Waals surface area contributed by atoms with Crippen LogP contribution in [0.25, 0.3) is 0 Å². The second-order valence-corrected chi connectivity index (χ2v) is 11.8. The zero-order valence-corrected chi connectivity index (χ0v) is 28.2. The van der Waals surface area contributed by atoms with Gasteiger partial charge in [0.05, 0.1) is 13.2 Å². The fraction of sp³-hybridized carbons (Fsp3) is 0.400. The Morgan fingerprint density at radius 1 is 0.578 bits per heavy atom. The summed E-state index contributed by atoms with van der Waals surface area (Å²) in [5, 5.41) is 0. The highest BCUT2D eigenvalue weighted by molar-refractivity contribution is 5.88. The number of carbonyl (C=O) groups excluding carboxylic acids is 2. The van der Waals surface area contributed by atoms with E-state index in [4.69, 9.17) is 9.47 Å². The minimum absolute atomic E-state index is 0.219. The maximum Gasteiger partial charge on any atom is 0.333 e. The number of carbonyl (C=O) groups is 2. The Bertz CT molecular complexity index is 1350. The van der Waals surface area contributed by atoms with Crippen molar-refractivity contribution in [1.82, 2.24) is 0 Å². The largest absolute Gasteiger partial charge is 0.462 e. The molecule has 0 aromatic heterocycles. The molecule has 3 aromatic rings. The molecule has 0 spiro atoms. The smallest absolute Gasteiger partial charge is 0.333 e. The Labute approximate surface area is 271 Å². The summed E-state index contributed by atoms with van der Waals surface area (Å²) in [6.45, 7) is 12.5. The van der Waals surface area contributed by atoms with Gasteiger partial charge in [0.1, 0.15) is 0 Å². The van der Waals surface area contributed by atoms with Gasteiger partial charge >= 0.3 is 11.9 Å². The van der Waals surface area contributed by atoms with Crippen LogP contribution in [0.5, 0.6) is 0 Å². The van der Waals surface area contributed by atoms with E-state index in [1.807, 2.05) is 13.8 Å². The first kappa shape index (κ1) is 35.4. The fourth-order valence-corrected chi connectivity index (χ4v) is 4.94. The second kappa shape index (κ2) is 18.6. The Morgan fingerprint density at radius 3 is 1.40 bits per heavy atom. The molecule has 0 saturated heterocycles. The van der Waals surface area contributed by atoms with E-state index in [0.29, 0.717) is 24.4 Å². The van der Waals surface area contributed by atoms with Crippen molar-refractivity contribution in [3.05, 3.63) is 112 Å². The molecule has 0 saturated carbocycles. The lowest BCUT2D eigenvalue weighted by Gasteiger charge is -2.26. The molecule has 0 heterocycles. The lowest BCUT2D eigenvalue weighted by molar-refractivity contribution is -0.140. The van der Waals surface area contributed by atoms with Crippen molar-refractivity contribution in [2.75, 3.05) is 18.1 Å². The number of hydrogen-bond donors (Lipinski definition) is 0. The molecule has 0 N–H and O–H groups in total. The summed E-state index contributed by atoms with van der Waals surface area (Å²) >= 11 is 0. The van der Waals surface area contributed by atoms with Gasteiger partial charge in [0.25, 0.3) is 0 Å². The summed E-state index contributed by atoms with van der Waals surface area (Å²) in [7, 11) is 0. The quantitative estimate of drug-likeness (QED) is 0.0866. The molecule has 5 nitrogen and oxygen atoms in total. The number of allylic oxidation sites excluding steroid dienone is 2. The molecule has 0 unspecified atom stereocenters. The van der Waals surface area contributed by atoms with Gasteiger partial charge in [0.15, 0.2) is 0 Å². The highest BCUT2D eigenvalue weighted by Crippen LogP contribution is 2.36. The topological polar surface area (TPSA) is 55.8 Å². The zero-order valence-electron chi connectivity index (χ0n) is 28.2. The second-order valence-electron chi connectivity index (χ2n) is 11.8. The van der Waals surface area contributed by atoms with Crippen molar-refractivity contribution >= 4 is 29.0 Å². The summed E-state index contributed by atoms with van der Waals surface area (Å²) in [6, 6.07) is 24.4. The van der Waals surface area contributed by atoms with E-state index in [0.717, 1.165) is 68.4 Å². The molecule has 0 aliphatic heterocycles. The van der Waals surface area contributed by atoms with Crippen LogP contribution in [0.4, 0.5) is 17.1 Å². The van der Waals surface area contributed by atoms with Crippen LogP contribution in [0.1, 0.15) is 88.5 Å². The van der Waals surface area contributed by atoms with Crippen LogP contribution in [-0.4, -0.2) is 25.2 Å². The number of hydrogen-bond acceptors (Lipinski definition) is 5. The lowest BCUT2D eigenvalue weighted by Crippen LogP contribution is -2.10. The Balaban J connectivity index is 1.59. The molecule has 3 aromatic carbocycles. The van der Waals surface area contributed by atoms with Crippen LogP contribution in [-0.2, 0) is 31.9 Å². The van der Waals surface area contributed by atoms with Crippen molar-refractivity contribution in [3.8, 4) is 0 Å². The molecule has 0 aliphatic carbocycles. The molecule has 0 atom stereocenters. The molecule has 0 bridgehead atoms. The number of anilines is 3. The van der Waals surface area contributed by atoms with Crippen LogP contribution in [0.2, 0.25) is 0 Å². The van der Waals surface area contributed by atoms with Crippen LogP contribution >= 0.6 is 0 Å². The van der Waals surface area contributed by atoms with Gasteiger partial charge < -0.3 is 14.4 Å². The van der Waals surface area contributed by atoms with E-state index >= 15 is 0 Å². The highest BCUT2D eigenvalue weighted by Gasteiger charge is 2.14. The Morgan fingerprint density at radius 2 is 1.00 bits per heavy atom. The average Bonchev–Trinajstić information content (AvgIpc) is 3.06. The Hall–Kier alpha value is -4.12.